The molecule has 1 fully saturated rings. The predicted molar refractivity (Wildman–Crippen MR) is 104 cm³/mol. The molecule has 1 saturated heterocycles. The first-order valence-corrected chi connectivity index (χ1v) is 10.1. The van der Waals surface area contributed by atoms with Crippen LogP contribution in [0.25, 0.3) is 0 Å². The van der Waals surface area contributed by atoms with Crippen LogP contribution in [-0.2, 0) is 10.0 Å². The van der Waals surface area contributed by atoms with Gasteiger partial charge in [-0.15, -0.1) is 0 Å². The fourth-order valence-corrected chi connectivity index (χ4v) is 4.82. The van der Waals surface area contributed by atoms with E-state index in [1.807, 2.05) is 18.2 Å². The summed E-state index contributed by atoms with van der Waals surface area (Å²) in [7, 11) is -2.44. The highest BCUT2D eigenvalue weighted by Crippen LogP contribution is 2.29. The van der Waals surface area contributed by atoms with Crippen LogP contribution < -0.4 is 15.4 Å². The van der Waals surface area contributed by atoms with E-state index in [0.717, 1.165) is 5.69 Å². The lowest BCUT2D eigenvalue weighted by molar-refractivity contribution is 0.1000. The van der Waals surface area contributed by atoms with Gasteiger partial charge in [0.1, 0.15) is 10.6 Å². The molecular weight excluding hydrogens is 390 g/mol. The van der Waals surface area contributed by atoms with Crippen molar-refractivity contribution < 1.29 is 17.9 Å². The van der Waals surface area contributed by atoms with Crippen molar-refractivity contribution in [3.63, 3.8) is 0 Å². The van der Waals surface area contributed by atoms with E-state index in [0.29, 0.717) is 31.2 Å². The van der Waals surface area contributed by atoms with Crippen molar-refractivity contribution in [1.82, 2.24) is 4.31 Å². The molecule has 27 heavy (non-hydrogen) atoms. The summed E-state index contributed by atoms with van der Waals surface area (Å²) in [5.41, 5.74) is 6.35. The Balaban J connectivity index is 1.83. The van der Waals surface area contributed by atoms with Gasteiger partial charge in [-0.25, -0.2) is 8.42 Å². The molecule has 7 nitrogen and oxygen atoms in total. The van der Waals surface area contributed by atoms with Gasteiger partial charge in [0.25, 0.3) is 0 Å². The third kappa shape index (κ3) is 4.02. The number of carbonyl (C=O) groups excluding carboxylic acids is 1. The van der Waals surface area contributed by atoms with Gasteiger partial charge in [0.05, 0.1) is 7.11 Å². The van der Waals surface area contributed by atoms with Crippen molar-refractivity contribution in [2.24, 2.45) is 5.73 Å². The van der Waals surface area contributed by atoms with Crippen molar-refractivity contribution in [1.29, 1.82) is 0 Å². The average Bonchev–Trinajstić information content (AvgIpc) is 2.67. The highest BCUT2D eigenvalue weighted by Gasteiger charge is 2.31. The van der Waals surface area contributed by atoms with E-state index in [-0.39, 0.29) is 16.2 Å². The quantitative estimate of drug-likeness (QED) is 0.814. The molecule has 1 aliphatic heterocycles. The minimum absolute atomic E-state index is 0.0579. The molecule has 0 unspecified atom stereocenters. The molecule has 144 valence electrons. The van der Waals surface area contributed by atoms with Crippen LogP contribution in [0.4, 0.5) is 5.69 Å². The number of anilines is 1. The van der Waals surface area contributed by atoms with E-state index in [9.17, 15) is 13.2 Å². The molecule has 2 aromatic rings. The number of hydrogen-bond donors (Lipinski definition) is 1. The van der Waals surface area contributed by atoms with E-state index in [1.54, 1.807) is 6.07 Å². The summed E-state index contributed by atoms with van der Waals surface area (Å²) < 4.78 is 32.7. The number of halogens is 1. The third-order valence-electron chi connectivity index (χ3n) is 4.48. The van der Waals surface area contributed by atoms with Crippen LogP contribution in [0, 0.1) is 0 Å². The van der Waals surface area contributed by atoms with Crippen molar-refractivity contribution in [3.05, 3.63) is 53.1 Å². The van der Waals surface area contributed by atoms with Gasteiger partial charge in [-0.2, -0.15) is 4.31 Å². The molecule has 0 aromatic heterocycles. The van der Waals surface area contributed by atoms with Crippen LogP contribution in [0.2, 0.25) is 5.02 Å². The van der Waals surface area contributed by atoms with E-state index in [2.05, 4.69) is 4.90 Å². The van der Waals surface area contributed by atoms with Gasteiger partial charge in [0, 0.05) is 42.5 Å². The molecule has 3 rings (SSSR count). The Morgan fingerprint density at radius 1 is 1.11 bits per heavy atom. The molecule has 1 heterocycles. The number of ether oxygens (including phenoxy) is 1. The minimum atomic E-state index is -3.83. The number of benzene rings is 2. The Morgan fingerprint density at radius 3 is 2.41 bits per heavy atom. The highest BCUT2D eigenvalue weighted by molar-refractivity contribution is 7.89. The van der Waals surface area contributed by atoms with E-state index >= 15 is 0 Å². The van der Waals surface area contributed by atoms with Gasteiger partial charge in [0.2, 0.25) is 15.9 Å². The Bertz CT molecular complexity index is 957. The van der Waals surface area contributed by atoms with E-state index < -0.39 is 15.9 Å². The number of primary amides is 1. The monoisotopic (exact) mass is 409 g/mol. The van der Waals surface area contributed by atoms with Crippen LogP contribution in [0.1, 0.15) is 10.4 Å². The smallest absolute Gasteiger partial charge is 0.248 e. The standard InChI is InChI=1S/C18H20ClN3O4S/c1-26-16-6-5-13(18(20)23)11-17(16)27(24,25)22-9-7-21(8-10-22)15-4-2-3-14(19)12-15/h2-6,11-12H,7-10H2,1H3,(H2,20,23). The summed E-state index contributed by atoms with van der Waals surface area (Å²) in [6.07, 6.45) is 0. The first kappa shape index (κ1) is 19.5. The number of nitrogens with zero attached hydrogens (tertiary/aromatic N) is 2. The fraction of sp³-hybridized carbons (Fsp3) is 0.278. The van der Waals surface area contributed by atoms with Crippen molar-refractivity contribution in [2.75, 3.05) is 38.2 Å². The second-order valence-corrected chi connectivity index (χ2v) is 8.44. The number of amides is 1. The summed E-state index contributed by atoms with van der Waals surface area (Å²) in [4.78, 5) is 13.5. The molecule has 0 spiro atoms. The van der Waals surface area contributed by atoms with Crippen molar-refractivity contribution in [3.8, 4) is 5.75 Å². The second kappa shape index (κ2) is 7.75. The summed E-state index contributed by atoms with van der Waals surface area (Å²) in [5, 5.41) is 0.635. The molecule has 2 aromatic carbocycles. The maximum absolute atomic E-state index is 13.1. The molecule has 0 radical (unpaired) electrons. The maximum atomic E-state index is 13.1. The van der Waals surface area contributed by atoms with Gasteiger partial charge in [-0.1, -0.05) is 17.7 Å². The first-order chi connectivity index (χ1) is 12.8. The normalized spacial score (nSPS) is 15.6. The van der Waals surface area contributed by atoms with Gasteiger partial charge in [-0.05, 0) is 36.4 Å². The second-order valence-electron chi connectivity index (χ2n) is 6.10. The number of hydrogen-bond acceptors (Lipinski definition) is 5. The molecule has 0 bridgehead atoms. The SMILES string of the molecule is COc1ccc(C(N)=O)cc1S(=O)(=O)N1CCN(c2cccc(Cl)c2)CC1. The molecule has 0 atom stereocenters. The number of piperazine rings is 1. The number of methoxy groups -OCH3 is 1. The molecule has 1 amide bonds. The summed E-state index contributed by atoms with van der Waals surface area (Å²) >= 11 is 6.03. The van der Waals surface area contributed by atoms with Gasteiger partial charge < -0.3 is 15.4 Å². The van der Waals surface area contributed by atoms with Gasteiger partial charge >= 0.3 is 0 Å². The zero-order valence-corrected chi connectivity index (χ0v) is 16.3. The zero-order valence-electron chi connectivity index (χ0n) is 14.8. The highest BCUT2D eigenvalue weighted by atomic mass is 35.5. The van der Waals surface area contributed by atoms with Crippen LogP contribution in [0.3, 0.4) is 0 Å². The number of rotatable bonds is 5. The zero-order chi connectivity index (χ0) is 19.6. The van der Waals surface area contributed by atoms with Gasteiger partial charge in [-0.3, -0.25) is 4.79 Å². The Morgan fingerprint density at radius 2 is 1.81 bits per heavy atom. The summed E-state index contributed by atoms with van der Waals surface area (Å²) in [6, 6.07) is 11.6. The number of sulfonamides is 1. The van der Waals surface area contributed by atoms with Crippen LogP contribution in [0.5, 0.6) is 5.75 Å². The van der Waals surface area contributed by atoms with Crippen molar-refractivity contribution >= 4 is 33.2 Å². The molecule has 2 N–H and O–H groups in total. The summed E-state index contributed by atoms with van der Waals surface area (Å²) in [5.74, 6) is -0.517. The number of carbonyl (C=O) groups is 1. The van der Waals surface area contributed by atoms with Crippen LogP contribution in [-0.4, -0.2) is 51.9 Å². The van der Waals surface area contributed by atoms with Crippen LogP contribution >= 0.6 is 11.6 Å². The molecule has 9 heteroatoms. The summed E-state index contributed by atoms with van der Waals surface area (Å²) in [6.45, 7) is 1.66. The molecular formula is C18H20ClN3O4S. The average molecular weight is 410 g/mol. The molecule has 0 aliphatic carbocycles. The van der Waals surface area contributed by atoms with E-state index in [4.69, 9.17) is 22.1 Å². The van der Waals surface area contributed by atoms with Crippen LogP contribution in [0.15, 0.2) is 47.4 Å². The predicted octanol–water partition coefficient (Wildman–Crippen LogP) is 1.96. The molecule has 1 aliphatic rings. The number of nitrogens with two attached hydrogens (primary N) is 1. The Labute approximate surface area is 163 Å². The lowest BCUT2D eigenvalue weighted by Crippen LogP contribution is -2.48. The molecule has 0 saturated carbocycles. The first-order valence-electron chi connectivity index (χ1n) is 8.31. The van der Waals surface area contributed by atoms with E-state index in [1.165, 1.54) is 29.6 Å². The topological polar surface area (TPSA) is 92.9 Å². The lowest BCUT2D eigenvalue weighted by atomic mass is 10.2. The lowest BCUT2D eigenvalue weighted by Gasteiger charge is -2.35. The van der Waals surface area contributed by atoms with Gasteiger partial charge in [0.15, 0.2) is 0 Å². The Kier molecular flexibility index (Phi) is 5.59. The fourth-order valence-electron chi connectivity index (χ4n) is 3.03. The minimum Gasteiger partial charge on any atom is -0.495 e. The third-order valence-corrected chi connectivity index (χ3v) is 6.63. The maximum Gasteiger partial charge on any atom is 0.248 e. The Hall–Kier alpha value is -2.29. The van der Waals surface area contributed by atoms with Crippen molar-refractivity contribution in [2.45, 2.75) is 4.90 Å². The largest absolute Gasteiger partial charge is 0.495 e.